The molecule has 0 spiro atoms. The van der Waals surface area contributed by atoms with E-state index >= 15 is 0 Å². The Bertz CT molecular complexity index is 801. The summed E-state index contributed by atoms with van der Waals surface area (Å²) < 4.78 is 16.3. The number of aliphatic hydroxyl groups excluding tert-OH is 1. The fourth-order valence-corrected chi connectivity index (χ4v) is 4.13. The van der Waals surface area contributed by atoms with Gasteiger partial charge in [-0.3, -0.25) is 4.79 Å². The summed E-state index contributed by atoms with van der Waals surface area (Å²) in [6.07, 6.45) is 2.32. The number of benzene rings is 1. The van der Waals surface area contributed by atoms with Gasteiger partial charge < -0.3 is 14.6 Å². The third-order valence-electron chi connectivity index (χ3n) is 5.21. The Morgan fingerprint density at radius 3 is 2.83 bits per heavy atom. The highest BCUT2D eigenvalue weighted by atomic mass is 19.1. The summed E-state index contributed by atoms with van der Waals surface area (Å²) >= 11 is 0. The van der Waals surface area contributed by atoms with E-state index in [1.165, 1.54) is 6.07 Å². The van der Waals surface area contributed by atoms with Gasteiger partial charge in [0.2, 0.25) is 0 Å². The average molecular weight is 316 g/mol. The molecule has 2 aromatic rings. The molecule has 1 fully saturated rings. The molecule has 2 atom stereocenters. The van der Waals surface area contributed by atoms with Crippen molar-refractivity contribution < 1.29 is 9.50 Å². The smallest absolute Gasteiger partial charge is 0.251 e. The number of aryl methyl sites for hydroxylation is 1. The van der Waals surface area contributed by atoms with Crippen LogP contribution in [0.3, 0.4) is 0 Å². The van der Waals surface area contributed by atoms with Crippen molar-refractivity contribution in [3.8, 4) is 0 Å². The topological polar surface area (TPSA) is 45.5 Å². The molecular formula is C18H21FN2O2. The zero-order valence-electron chi connectivity index (χ0n) is 13.0. The van der Waals surface area contributed by atoms with E-state index in [-0.39, 0.29) is 23.4 Å². The molecule has 0 bridgehead atoms. The van der Waals surface area contributed by atoms with Crippen LogP contribution in [0.25, 0.3) is 10.9 Å². The van der Waals surface area contributed by atoms with Crippen LogP contribution >= 0.6 is 0 Å². The van der Waals surface area contributed by atoms with Crippen molar-refractivity contribution in [1.82, 2.24) is 9.47 Å². The SMILES string of the molecule is O=c1ccc2ccc(F)c3c2n1CCC3CN1CCCC(O)C1. The van der Waals surface area contributed by atoms with Crippen molar-refractivity contribution >= 4 is 10.9 Å². The standard InChI is InChI=1S/C18H21FN2O2/c19-15-5-3-12-4-6-16(23)21-9-7-13(17(15)18(12)21)10-20-8-1-2-14(22)11-20/h3-6,13-14,22H,1-2,7-11H2. The van der Waals surface area contributed by atoms with E-state index in [1.807, 2.05) is 0 Å². The van der Waals surface area contributed by atoms with Gasteiger partial charge in [0.25, 0.3) is 5.56 Å². The van der Waals surface area contributed by atoms with E-state index in [9.17, 15) is 14.3 Å². The lowest BCUT2D eigenvalue weighted by Crippen LogP contribution is -2.41. The number of likely N-dealkylation sites (tertiary alicyclic amines) is 1. The van der Waals surface area contributed by atoms with Gasteiger partial charge >= 0.3 is 0 Å². The van der Waals surface area contributed by atoms with Crippen molar-refractivity contribution in [2.45, 2.75) is 37.8 Å². The molecule has 1 aromatic carbocycles. The van der Waals surface area contributed by atoms with E-state index in [4.69, 9.17) is 0 Å². The summed E-state index contributed by atoms with van der Waals surface area (Å²) in [5.74, 6) is -0.148. The summed E-state index contributed by atoms with van der Waals surface area (Å²) in [7, 11) is 0. The van der Waals surface area contributed by atoms with Crippen LogP contribution in [0.4, 0.5) is 4.39 Å². The molecule has 2 unspecified atom stereocenters. The number of piperidine rings is 1. The van der Waals surface area contributed by atoms with E-state index < -0.39 is 0 Å². The summed E-state index contributed by atoms with van der Waals surface area (Å²) in [5, 5.41) is 10.8. The summed E-state index contributed by atoms with van der Waals surface area (Å²) in [5.41, 5.74) is 1.37. The van der Waals surface area contributed by atoms with Gasteiger partial charge in [0, 0.05) is 37.2 Å². The quantitative estimate of drug-likeness (QED) is 0.923. The molecule has 0 amide bonds. The predicted octanol–water partition coefficient (Wildman–Crippen LogP) is 2.08. The number of aliphatic hydroxyl groups is 1. The third-order valence-corrected chi connectivity index (χ3v) is 5.21. The van der Waals surface area contributed by atoms with Crippen LogP contribution in [-0.2, 0) is 6.54 Å². The molecule has 0 saturated carbocycles. The van der Waals surface area contributed by atoms with E-state index in [1.54, 1.807) is 22.8 Å². The zero-order valence-corrected chi connectivity index (χ0v) is 13.0. The highest BCUT2D eigenvalue weighted by Crippen LogP contribution is 2.35. The monoisotopic (exact) mass is 316 g/mol. The highest BCUT2D eigenvalue weighted by molar-refractivity contribution is 5.83. The second-order valence-electron chi connectivity index (χ2n) is 6.76. The van der Waals surface area contributed by atoms with Gasteiger partial charge in [0.05, 0.1) is 11.6 Å². The van der Waals surface area contributed by atoms with Gasteiger partial charge in [-0.05, 0) is 49.4 Å². The maximum absolute atomic E-state index is 14.6. The number of rotatable bonds is 2. The van der Waals surface area contributed by atoms with Crippen molar-refractivity contribution in [2.75, 3.05) is 19.6 Å². The van der Waals surface area contributed by atoms with Crippen LogP contribution in [-0.4, -0.2) is 40.3 Å². The molecule has 1 aromatic heterocycles. The first kappa shape index (κ1) is 14.8. The molecule has 5 heteroatoms. The van der Waals surface area contributed by atoms with E-state index in [0.29, 0.717) is 18.7 Å². The number of nitrogens with zero attached hydrogens (tertiary/aromatic N) is 2. The molecule has 2 aliphatic heterocycles. The Balaban J connectivity index is 1.75. The van der Waals surface area contributed by atoms with Gasteiger partial charge in [0.15, 0.2) is 0 Å². The number of pyridine rings is 1. The molecule has 4 nitrogen and oxygen atoms in total. The third kappa shape index (κ3) is 2.58. The van der Waals surface area contributed by atoms with Gasteiger partial charge in [-0.25, -0.2) is 4.39 Å². The molecule has 23 heavy (non-hydrogen) atoms. The molecule has 1 saturated heterocycles. The minimum atomic E-state index is -0.275. The lowest BCUT2D eigenvalue weighted by Gasteiger charge is -2.35. The largest absolute Gasteiger partial charge is 0.392 e. The van der Waals surface area contributed by atoms with Gasteiger partial charge in [-0.15, -0.1) is 0 Å². The first-order valence-electron chi connectivity index (χ1n) is 8.36. The van der Waals surface area contributed by atoms with Gasteiger partial charge in [-0.2, -0.15) is 0 Å². The van der Waals surface area contributed by atoms with Crippen LogP contribution < -0.4 is 5.56 Å². The Morgan fingerprint density at radius 2 is 2.00 bits per heavy atom. The molecule has 2 aliphatic rings. The lowest BCUT2D eigenvalue weighted by atomic mass is 9.88. The van der Waals surface area contributed by atoms with Crippen molar-refractivity contribution in [2.24, 2.45) is 0 Å². The lowest BCUT2D eigenvalue weighted by molar-refractivity contribution is 0.0662. The first-order chi connectivity index (χ1) is 11.1. The summed E-state index contributed by atoms with van der Waals surface area (Å²) in [6, 6.07) is 6.60. The van der Waals surface area contributed by atoms with Crippen molar-refractivity contribution in [1.29, 1.82) is 0 Å². The fraction of sp³-hybridized carbons (Fsp3) is 0.500. The number of hydrogen-bond donors (Lipinski definition) is 1. The zero-order chi connectivity index (χ0) is 16.0. The minimum Gasteiger partial charge on any atom is -0.392 e. The predicted molar refractivity (Wildman–Crippen MR) is 87.2 cm³/mol. The fourth-order valence-electron chi connectivity index (χ4n) is 4.13. The Kier molecular flexibility index (Phi) is 3.70. The number of β-amino-alcohol motifs (C(OH)–C–C–N with tert-alkyl or cyclic N) is 1. The summed E-state index contributed by atoms with van der Waals surface area (Å²) in [4.78, 5) is 14.3. The van der Waals surface area contributed by atoms with Crippen LogP contribution in [0.2, 0.25) is 0 Å². The van der Waals surface area contributed by atoms with E-state index in [2.05, 4.69) is 4.90 Å². The van der Waals surface area contributed by atoms with Crippen LogP contribution in [0, 0.1) is 5.82 Å². The normalized spacial score (nSPS) is 25.0. The number of hydrogen-bond acceptors (Lipinski definition) is 3. The minimum absolute atomic E-state index is 0.0591. The number of aromatic nitrogens is 1. The first-order valence-corrected chi connectivity index (χ1v) is 8.36. The second kappa shape index (κ2) is 5.73. The molecule has 3 heterocycles. The molecule has 122 valence electrons. The molecule has 4 rings (SSSR count). The Labute approximate surface area is 134 Å². The summed E-state index contributed by atoms with van der Waals surface area (Å²) in [6.45, 7) is 2.99. The van der Waals surface area contributed by atoms with Crippen LogP contribution in [0.1, 0.15) is 30.7 Å². The number of halogens is 1. The molecule has 0 radical (unpaired) electrons. The van der Waals surface area contributed by atoms with Crippen molar-refractivity contribution in [3.05, 3.63) is 46.0 Å². The van der Waals surface area contributed by atoms with Crippen molar-refractivity contribution in [3.63, 3.8) is 0 Å². The molecule has 1 N–H and O–H groups in total. The second-order valence-corrected chi connectivity index (χ2v) is 6.76. The molecule has 0 aliphatic carbocycles. The highest BCUT2D eigenvalue weighted by Gasteiger charge is 2.28. The molecular weight excluding hydrogens is 295 g/mol. The van der Waals surface area contributed by atoms with E-state index in [0.717, 1.165) is 43.3 Å². The van der Waals surface area contributed by atoms with Gasteiger partial charge in [-0.1, -0.05) is 0 Å². The maximum atomic E-state index is 14.6. The Morgan fingerprint density at radius 1 is 1.17 bits per heavy atom. The van der Waals surface area contributed by atoms with Gasteiger partial charge in [0.1, 0.15) is 5.82 Å². The van der Waals surface area contributed by atoms with Crippen LogP contribution in [0.15, 0.2) is 29.1 Å². The average Bonchev–Trinajstić information content (AvgIpc) is 2.54. The Hall–Kier alpha value is -1.72. The van der Waals surface area contributed by atoms with Crippen LogP contribution in [0.5, 0.6) is 0 Å². The maximum Gasteiger partial charge on any atom is 0.251 e.